The number of nitrogens with two attached hydrogens (primary N) is 1. The van der Waals surface area contributed by atoms with Gasteiger partial charge in [-0.05, 0) is 37.1 Å². The summed E-state index contributed by atoms with van der Waals surface area (Å²) in [6.45, 7) is 2.14. The average molecular weight is 340 g/mol. The first-order valence-corrected chi connectivity index (χ1v) is 8.68. The van der Waals surface area contributed by atoms with Crippen LogP contribution in [0.25, 0.3) is 0 Å². The maximum Gasteiger partial charge on any atom is 0.257 e. The van der Waals surface area contributed by atoms with Crippen molar-refractivity contribution in [2.24, 2.45) is 5.73 Å². The Morgan fingerprint density at radius 2 is 1.76 bits per heavy atom. The predicted molar refractivity (Wildman–Crippen MR) is 97.0 cm³/mol. The molecule has 5 heteroatoms. The molecule has 0 aliphatic carbocycles. The van der Waals surface area contributed by atoms with Gasteiger partial charge in [-0.15, -0.1) is 0 Å². The van der Waals surface area contributed by atoms with E-state index in [-0.39, 0.29) is 11.9 Å². The van der Waals surface area contributed by atoms with Crippen LogP contribution in [0.4, 0.5) is 0 Å². The maximum absolute atomic E-state index is 12.8. The van der Waals surface area contributed by atoms with Gasteiger partial charge in [-0.1, -0.05) is 30.3 Å². The van der Waals surface area contributed by atoms with Gasteiger partial charge >= 0.3 is 0 Å². The number of hydrogen-bond donors (Lipinski definition) is 1. The van der Waals surface area contributed by atoms with E-state index >= 15 is 0 Å². The molecular formula is C20H24N2O3. The number of nitrogens with zero attached hydrogens (tertiary/aromatic N) is 1. The molecule has 1 amide bonds. The number of carbonyl (C=O) groups is 1. The Morgan fingerprint density at radius 3 is 2.56 bits per heavy atom. The number of hydrogen-bond acceptors (Lipinski definition) is 4. The van der Waals surface area contributed by atoms with Crippen LogP contribution < -0.4 is 15.2 Å². The summed E-state index contributed by atoms with van der Waals surface area (Å²) in [6.07, 6.45) is 1.92. The summed E-state index contributed by atoms with van der Waals surface area (Å²) >= 11 is 0. The van der Waals surface area contributed by atoms with E-state index in [9.17, 15) is 4.79 Å². The van der Waals surface area contributed by atoms with Crippen LogP contribution >= 0.6 is 0 Å². The number of benzene rings is 2. The van der Waals surface area contributed by atoms with Crippen molar-refractivity contribution >= 4 is 5.91 Å². The van der Waals surface area contributed by atoms with Crippen molar-refractivity contribution in [1.82, 2.24) is 4.90 Å². The average Bonchev–Trinajstić information content (AvgIpc) is 2.66. The van der Waals surface area contributed by atoms with E-state index in [4.69, 9.17) is 15.2 Å². The molecule has 2 aromatic carbocycles. The first-order chi connectivity index (χ1) is 12.2. The van der Waals surface area contributed by atoms with E-state index in [1.807, 2.05) is 53.4 Å². The first kappa shape index (κ1) is 17.3. The molecule has 1 saturated heterocycles. The SMILES string of the molecule is NC1CCCN(C(=O)c2ccccc2OCCOc2ccccc2)C1. The number of rotatable bonds is 6. The zero-order valence-corrected chi connectivity index (χ0v) is 14.3. The summed E-state index contributed by atoms with van der Waals surface area (Å²) in [6, 6.07) is 17.0. The second kappa shape index (κ2) is 8.53. The van der Waals surface area contributed by atoms with Crippen molar-refractivity contribution in [3.63, 3.8) is 0 Å². The number of amides is 1. The zero-order valence-electron chi connectivity index (χ0n) is 14.3. The molecule has 1 fully saturated rings. The van der Waals surface area contributed by atoms with E-state index in [0.717, 1.165) is 25.1 Å². The van der Waals surface area contributed by atoms with E-state index in [1.54, 1.807) is 6.07 Å². The van der Waals surface area contributed by atoms with Gasteiger partial charge in [-0.25, -0.2) is 0 Å². The minimum absolute atomic E-state index is 0.0188. The second-order valence-corrected chi connectivity index (χ2v) is 6.16. The normalized spacial score (nSPS) is 17.2. The fourth-order valence-electron chi connectivity index (χ4n) is 2.96. The molecule has 1 unspecified atom stereocenters. The van der Waals surface area contributed by atoms with Gasteiger partial charge in [-0.3, -0.25) is 4.79 Å². The van der Waals surface area contributed by atoms with Crippen LogP contribution in [-0.2, 0) is 0 Å². The summed E-state index contributed by atoms with van der Waals surface area (Å²) in [7, 11) is 0. The van der Waals surface area contributed by atoms with Gasteiger partial charge < -0.3 is 20.1 Å². The minimum atomic E-state index is -0.0188. The van der Waals surface area contributed by atoms with Crippen molar-refractivity contribution in [2.75, 3.05) is 26.3 Å². The summed E-state index contributed by atoms with van der Waals surface area (Å²) < 4.78 is 11.4. The Morgan fingerprint density at radius 1 is 1.04 bits per heavy atom. The predicted octanol–water partition coefficient (Wildman–Crippen LogP) is 2.71. The first-order valence-electron chi connectivity index (χ1n) is 8.68. The molecule has 3 rings (SSSR count). The fourth-order valence-corrected chi connectivity index (χ4v) is 2.96. The highest BCUT2D eigenvalue weighted by Crippen LogP contribution is 2.22. The highest BCUT2D eigenvalue weighted by molar-refractivity contribution is 5.97. The molecule has 132 valence electrons. The van der Waals surface area contributed by atoms with Gasteiger partial charge in [0.1, 0.15) is 24.7 Å². The van der Waals surface area contributed by atoms with Crippen molar-refractivity contribution in [1.29, 1.82) is 0 Å². The summed E-state index contributed by atoms with van der Waals surface area (Å²) in [5.74, 6) is 1.37. The maximum atomic E-state index is 12.8. The van der Waals surface area contributed by atoms with Crippen LogP contribution in [0.1, 0.15) is 23.2 Å². The lowest BCUT2D eigenvalue weighted by Gasteiger charge is -2.31. The molecule has 1 heterocycles. The molecule has 1 aliphatic heterocycles. The molecule has 1 atom stereocenters. The Hall–Kier alpha value is -2.53. The topological polar surface area (TPSA) is 64.8 Å². The fraction of sp³-hybridized carbons (Fsp3) is 0.350. The number of carbonyl (C=O) groups excluding carboxylic acids is 1. The quantitative estimate of drug-likeness (QED) is 0.821. The van der Waals surface area contributed by atoms with Crippen molar-refractivity contribution in [3.8, 4) is 11.5 Å². The lowest BCUT2D eigenvalue weighted by molar-refractivity contribution is 0.0703. The summed E-state index contributed by atoms with van der Waals surface area (Å²) in [5, 5.41) is 0. The third-order valence-electron chi connectivity index (χ3n) is 4.22. The minimum Gasteiger partial charge on any atom is -0.490 e. The number of piperidine rings is 1. The lowest BCUT2D eigenvalue weighted by Crippen LogP contribution is -2.45. The standard InChI is InChI=1S/C20H24N2O3/c21-16-7-6-12-22(15-16)20(23)18-10-4-5-11-19(18)25-14-13-24-17-8-2-1-3-9-17/h1-5,8-11,16H,6-7,12-15,21H2. The third kappa shape index (κ3) is 4.73. The molecule has 1 aliphatic rings. The highest BCUT2D eigenvalue weighted by Gasteiger charge is 2.24. The lowest BCUT2D eigenvalue weighted by atomic mass is 10.0. The Labute approximate surface area is 148 Å². The molecule has 0 aromatic heterocycles. The molecule has 2 aromatic rings. The molecule has 2 N–H and O–H groups in total. The molecule has 0 spiro atoms. The Kier molecular flexibility index (Phi) is 5.90. The Balaban J connectivity index is 1.57. The second-order valence-electron chi connectivity index (χ2n) is 6.16. The van der Waals surface area contributed by atoms with Crippen LogP contribution in [0.3, 0.4) is 0 Å². The Bertz CT molecular complexity index is 690. The third-order valence-corrected chi connectivity index (χ3v) is 4.22. The van der Waals surface area contributed by atoms with Crippen molar-refractivity contribution < 1.29 is 14.3 Å². The number of para-hydroxylation sites is 2. The highest BCUT2D eigenvalue weighted by atomic mass is 16.5. The van der Waals surface area contributed by atoms with Gasteiger partial charge in [0.15, 0.2) is 0 Å². The van der Waals surface area contributed by atoms with Gasteiger partial charge in [-0.2, -0.15) is 0 Å². The molecule has 0 bridgehead atoms. The van der Waals surface area contributed by atoms with E-state index < -0.39 is 0 Å². The van der Waals surface area contributed by atoms with Gasteiger partial charge in [0.2, 0.25) is 0 Å². The van der Waals surface area contributed by atoms with Gasteiger partial charge in [0.25, 0.3) is 5.91 Å². The largest absolute Gasteiger partial charge is 0.490 e. The molecule has 0 radical (unpaired) electrons. The molecule has 5 nitrogen and oxygen atoms in total. The smallest absolute Gasteiger partial charge is 0.257 e. The molecule has 25 heavy (non-hydrogen) atoms. The van der Waals surface area contributed by atoms with Crippen LogP contribution in [0, 0.1) is 0 Å². The summed E-state index contributed by atoms with van der Waals surface area (Å²) in [4.78, 5) is 14.6. The van der Waals surface area contributed by atoms with E-state index in [2.05, 4.69) is 0 Å². The molecule has 0 saturated carbocycles. The number of likely N-dealkylation sites (tertiary alicyclic amines) is 1. The van der Waals surface area contributed by atoms with Gasteiger partial charge in [0, 0.05) is 19.1 Å². The van der Waals surface area contributed by atoms with Crippen molar-refractivity contribution in [3.05, 3.63) is 60.2 Å². The van der Waals surface area contributed by atoms with Crippen molar-refractivity contribution in [2.45, 2.75) is 18.9 Å². The zero-order chi connectivity index (χ0) is 17.5. The van der Waals surface area contributed by atoms with Crippen LogP contribution in [0.2, 0.25) is 0 Å². The number of ether oxygens (including phenoxy) is 2. The molecular weight excluding hydrogens is 316 g/mol. The van der Waals surface area contributed by atoms with Crippen LogP contribution in [0.5, 0.6) is 11.5 Å². The monoisotopic (exact) mass is 340 g/mol. The van der Waals surface area contributed by atoms with E-state index in [0.29, 0.717) is 31.1 Å². The van der Waals surface area contributed by atoms with Gasteiger partial charge in [0.05, 0.1) is 5.56 Å². The van der Waals surface area contributed by atoms with Crippen LogP contribution in [0.15, 0.2) is 54.6 Å². The summed E-state index contributed by atoms with van der Waals surface area (Å²) in [5.41, 5.74) is 6.57. The van der Waals surface area contributed by atoms with Crippen LogP contribution in [-0.4, -0.2) is 43.2 Å². The van der Waals surface area contributed by atoms with E-state index in [1.165, 1.54) is 0 Å².